The SMILES string of the molecule is CC1=CC2(O[C@H]3c4cccc5cccc(c45)[C@H]32)C(C)=CC1=O. The zero-order valence-electron chi connectivity index (χ0n) is 12.6. The quantitative estimate of drug-likeness (QED) is 0.725. The molecule has 22 heavy (non-hydrogen) atoms. The van der Waals surface area contributed by atoms with E-state index < -0.39 is 5.60 Å². The summed E-state index contributed by atoms with van der Waals surface area (Å²) in [5.41, 5.74) is 4.02. The molecule has 3 aliphatic rings. The van der Waals surface area contributed by atoms with Crippen LogP contribution in [0.4, 0.5) is 0 Å². The zero-order chi connectivity index (χ0) is 15.1. The second-order valence-electron chi connectivity index (χ2n) is 6.62. The molecule has 1 fully saturated rings. The van der Waals surface area contributed by atoms with E-state index in [4.69, 9.17) is 4.74 Å². The van der Waals surface area contributed by atoms with Crippen LogP contribution >= 0.6 is 0 Å². The monoisotopic (exact) mass is 288 g/mol. The molecule has 2 heteroatoms. The van der Waals surface area contributed by atoms with Gasteiger partial charge in [-0.05, 0) is 59.0 Å². The third kappa shape index (κ3) is 1.24. The van der Waals surface area contributed by atoms with Crippen molar-refractivity contribution in [3.05, 3.63) is 70.8 Å². The first-order valence-corrected chi connectivity index (χ1v) is 7.74. The summed E-state index contributed by atoms with van der Waals surface area (Å²) in [5.74, 6) is 0.386. The smallest absolute Gasteiger partial charge is 0.181 e. The van der Waals surface area contributed by atoms with Crippen molar-refractivity contribution in [2.24, 2.45) is 0 Å². The summed E-state index contributed by atoms with van der Waals surface area (Å²) >= 11 is 0. The molecule has 1 unspecified atom stereocenters. The molecule has 0 amide bonds. The third-order valence-corrected chi connectivity index (χ3v) is 5.48. The predicted octanol–water partition coefficient (Wildman–Crippen LogP) is 4.22. The lowest BCUT2D eigenvalue weighted by atomic mass is 9.68. The minimum atomic E-state index is -0.435. The Morgan fingerprint density at radius 3 is 2.55 bits per heavy atom. The van der Waals surface area contributed by atoms with Crippen LogP contribution in [0, 0.1) is 0 Å². The second kappa shape index (κ2) is 3.76. The summed E-state index contributed by atoms with van der Waals surface area (Å²) in [5, 5.41) is 2.62. The highest BCUT2D eigenvalue weighted by atomic mass is 16.5. The molecule has 2 aromatic carbocycles. The minimum absolute atomic E-state index is 0.101. The highest BCUT2D eigenvalue weighted by Gasteiger charge is 2.60. The predicted molar refractivity (Wildman–Crippen MR) is 85.8 cm³/mol. The summed E-state index contributed by atoms with van der Waals surface area (Å²) in [6, 6.07) is 12.9. The Bertz CT molecular complexity index is 913. The highest BCUT2D eigenvalue weighted by Crippen LogP contribution is 2.65. The third-order valence-electron chi connectivity index (χ3n) is 5.48. The van der Waals surface area contributed by atoms with Gasteiger partial charge in [0, 0.05) is 0 Å². The molecule has 0 saturated carbocycles. The topological polar surface area (TPSA) is 26.3 Å². The standard InChI is InChI=1S/C20H16O2/c1-11-10-20(12(2)9-16(11)21)18-14-7-3-5-13-6-4-8-15(17(13)14)19(18)22-20/h3-10,18-19H,1-2H3/t18-,19+,20?/m1/s1. The maximum atomic E-state index is 11.9. The highest BCUT2D eigenvalue weighted by molar-refractivity contribution is 6.06. The fourth-order valence-corrected chi connectivity index (χ4v) is 4.43. The fourth-order valence-electron chi connectivity index (χ4n) is 4.43. The number of allylic oxidation sites excluding steroid dienone is 2. The van der Waals surface area contributed by atoms with E-state index in [0.29, 0.717) is 0 Å². The van der Waals surface area contributed by atoms with Crippen molar-refractivity contribution in [3.63, 3.8) is 0 Å². The van der Waals surface area contributed by atoms with Gasteiger partial charge in [-0.25, -0.2) is 0 Å². The summed E-state index contributed by atoms with van der Waals surface area (Å²) in [7, 11) is 0. The first-order valence-electron chi connectivity index (χ1n) is 7.74. The Kier molecular flexibility index (Phi) is 2.12. The Balaban J connectivity index is 1.76. The molecule has 108 valence electrons. The fraction of sp³-hybridized carbons (Fsp3) is 0.250. The molecule has 1 heterocycles. The van der Waals surface area contributed by atoms with E-state index in [0.717, 1.165) is 11.1 Å². The van der Waals surface area contributed by atoms with Crippen molar-refractivity contribution in [1.29, 1.82) is 0 Å². The summed E-state index contributed by atoms with van der Waals surface area (Å²) in [6.07, 6.45) is 3.90. The number of fused-ring (bicyclic) bond motifs is 4. The molecule has 1 aliphatic heterocycles. The Hall–Kier alpha value is -2.19. The summed E-state index contributed by atoms with van der Waals surface area (Å²) in [6.45, 7) is 3.90. The van der Waals surface area contributed by atoms with Gasteiger partial charge < -0.3 is 4.74 Å². The molecule has 2 aromatic rings. The Morgan fingerprint density at radius 1 is 1.05 bits per heavy atom. The lowest BCUT2D eigenvalue weighted by molar-refractivity contribution is -0.179. The van der Waals surface area contributed by atoms with Crippen molar-refractivity contribution < 1.29 is 9.53 Å². The normalized spacial score (nSPS) is 31.8. The van der Waals surface area contributed by atoms with E-state index in [-0.39, 0.29) is 17.8 Å². The van der Waals surface area contributed by atoms with Gasteiger partial charge >= 0.3 is 0 Å². The van der Waals surface area contributed by atoms with Gasteiger partial charge in [-0.1, -0.05) is 36.4 Å². The van der Waals surface area contributed by atoms with E-state index in [1.165, 1.54) is 21.9 Å². The van der Waals surface area contributed by atoms with Crippen LogP contribution in [0.5, 0.6) is 0 Å². The number of hydrogen-bond acceptors (Lipinski definition) is 2. The summed E-state index contributed by atoms with van der Waals surface area (Å²) in [4.78, 5) is 11.9. The van der Waals surface area contributed by atoms with Gasteiger partial charge in [-0.2, -0.15) is 0 Å². The van der Waals surface area contributed by atoms with Gasteiger partial charge in [0.15, 0.2) is 5.78 Å². The molecule has 2 nitrogen and oxygen atoms in total. The molecule has 5 rings (SSSR count). The van der Waals surface area contributed by atoms with Gasteiger partial charge in [0.25, 0.3) is 0 Å². The van der Waals surface area contributed by atoms with Gasteiger partial charge in [-0.3, -0.25) is 4.79 Å². The molecule has 0 bridgehead atoms. The number of carbonyl (C=O) groups is 1. The van der Waals surface area contributed by atoms with Gasteiger partial charge in [0.2, 0.25) is 0 Å². The molecule has 2 aliphatic carbocycles. The van der Waals surface area contributed by atoms with Crippen molar-refractivity contribution in [2.45, 2.75) is 31.5 Å². The van der Waals surface area contributed by atoms with Crippen molar-refractivity contribution in [3.8, 4) is 0 Å². The first kappa shape index (κ1) is 12.4. The van der Waals surface area contributed by atoms with Crippen LogP contribution in [0.2, 0.25) is 0 Å². The molecule has 0 N–H and O–H groups in total. The second-order valence-corrected chi connectivity index (χ2v) is 6.62. The average Bonchev–Trinajstić information content (AvgIpc) is 2.75. The molecular weight excluding hydrogens is 272 g/mol. The van der Waals surface area contributed by atoms with Crippen LogP contribution in [0.3, 0.4) is 0 Å². The maximum absolute atomic E-state index is 11.9. The van der Waals surface area contributed by atoms with Gasteiger partial charge in [0.1, 0.15) is 5.60 Å². The van der Waals surface area contributed by atoms with Gasteiger partial charge in [0.05, 0.1) is 12.0 Å². The molecule has 1 saturated heterocycles. The van der Waals surface area contributed by atoms with Crippen LogP contribution in [0.15, 0.2) is 59.7 Å². The van der Waals surface area contributed by atoms with E-state index in [2.05, 4.69) is 36.4 Å². The Morgan fingerprint density at radius 2 is 1.77 bits per heavy atom. The molecule has 0 radical (unpaired) electrons. The van der Waals surface area contributed by atoms with Crippen molar-refractivity contribution in [1.82, 2.24) is 0 Å². The van der Waals surface area contributed by atoms with Crippen molar-refractivity contribution in [2.75, 3.05) is 0 Å². The lowest BCUT2D eigenvalue weighted by Crippen LogP contribution is -2.52. The minimum Gasteiger partial charge on any atom is -0.357 e. The number of benzene rings is 2. The Labute approximate surface area is 129 Å². The number of hydrogen-bond donors (Lipinski definition) is 0. The molecule has 0 aromatic heterocycles. The molecular formula is C20H16O2. The summed E-state index contributed by atoms with van der Waals surface area (Å²) < 4.78 is 6.40. The van der Waals surface area contributed by atoms with E-state index in [1.807, 2.05) is 19.9 Å². The number of rotatable bonds is 0. The lowest BCUT2D eigenvalue weighted by Gasteiger charge is -2.53. The maximum Gasteiger partial charge on any atom is 0.181 e. The number of carbonyl (C=O) groups excluding carboxylic acids is 1. The van der Waals surface area contributed by atoms with Crippen LogP contribution in [-0.2, 0) is 9.53 Å². The van der Waals surface area contributed by atoms with Crippen molar-refractivity contribution >= 4 is 16.6 Å². The number of ketones is 1. The van der Waals surface area contributed by atoms with Crippen LogP contribution in [-0.4, -0.2) is 11.4 Å². The van der Waals surface area contributed by atoms with Crippen LogP contribution in [0.1, 0.15) is 37.0 Å². The first-order chi connectivity index (χ1) is 10.6. The van der Waals surface area contributed by atoms with E-state index >= 15 is 0 Å². The number of ether oxygens (including phenoxy) is 1. The average molecular weight is 288 g/mol. The van der Waals surface area contributed by atoms with E-state index in [9.17, 15) is 4.79 Å². The molecule has 3 atom stereocenters. The largest absolute Gasteiger partial charge is 0.357 e. The van der Waals surface area contributed by atoms with Crippen LogP contribution < -0.4 is 0 Å². The van der Waals surface area contributed by atoms with Gasteiger partial charge in [-0.15, -0.1) is 0 Å². The zero-order valence-corrected chi connectivity index (χ0v) is 12.6. The van der Waals surface area contributed by atoms with E-state index in [1.54, 1.807) is 6.08 Å². The molecule has 1 spiro atoms. The van der Waals surface area contributed by atoms with Crippen LogP contribution in [0.25, 0.3) is 10.8 Å².